The molecule has 0 saturated heterocycles. The van der Waals surface area contributed by atoms with Crippen molar-refractivity contribution in [1.29, 1.82) is 0 Å². The second-order valence-electron chi connectivity index (χ2n) is 3.51. The highest BCUT2D eigenvalue weighted by atomic mass is 79.9. The summed E-state index contributed by atoms with van der Waals surface area (Å²) in [6, 6.07) is 6.97. The first-order valence-electron chi connectivity index (χ1n) is 4.99. The summed E-state index contributed by atoms with van der Waals surface area (Å²) in [7, 11) is 0. The standard InChI is InChI=1S/C12H10BrClO2/c13-8-3-4-12-10(6-8)11(15)7-9(16-12)2-1-5-14/h3-4,6-7H,1-2,5H2. The van der Waals surface area contributed by atoms with Crippen LogP contribution in [0.25, 0.3) is 11.0 Å². The van der Waals surface area contributed by atoms with Crippen molar-refractivity contribution >= 4 is 38.5 Å². The first kappa shape index (κ1) is 11.7. The van der Waals surface area contributed by atoms with Crippen LogP contribution in [0.4, 0.5) is 0 Å². The zero-order valence-corrected chi connectivity index (χ0v) is 10.8. The summed E-state index contributed by atoms with van der Waals surface area (Å²) >= 11 is 8.93. The van der Waals surface area contributed by atoms with Gasteiger partial charge in [0.25, 0.3) is 0 Å². The maximum Gasteiger partial charge on any atom is 0.192 e. The molecule has 1 heterocycles. The molecule has 0 unspecified atom stereocenters. The maximum atomic E-state index is 11.8. The second kappa shape index (κ2) is 5.02. The molecule has 84 valence electrons. The van der Waals surface area contributed by atoms with Crippen LogP contribution >= 0.6 is 27.5 Å². The minimum absolute atomic E-state index is 0.00729. The average Bonchev–Trinajstić information content (AvgIpc) is 2.27. The lowest BCUT2D eigenvalue weighted by Crippen LogP contribution is -2.02. The van der Waals surface area contributed by atoms with E-state index in [0.29, 0.717) is 29.0 Å². The van der Waals surface area contributed by atoms with Crippen LogP contribution in [0.1, 0.15) is 12.2 Å². The predicted molar refractivity (Wildman–Crippen MR) is 69.2 cm³/mol. The van der Waals surface area contributed by atoms with E-state index in [9.17, 15) is 4.79 Å². The topological polar surface area (TPSA) is 30.2 Å². The van der Waals surface area contributed by atoms with E-state index in [4.69, 9.17) is 16.0 Å². The van der Waals surface area contributed by atoms with Gasteiger partial charge in [0.15, 0.2) is 5.43 Å². The van der Waals surface area contributed by atoms with E-state index in [0.717, 1.165) is 10.9 Å². The lowest BCUT2D eigenvalue weighted by atomic mass is 10.2. The average molecular weight is 302 g/mol. The minimum Gasteiger partial charge on any atom is -0.461 e. The van der Waals surface area contributed by atoms with Crippen molar-refractivity contribution in [2.24, 2.45) is 0 Å². The van der Waals surface area contributed by atoms with Crippen molar-refractivity contribution in [3.05, 3.63) is 44.7 Å². The monoisotopic (exact) mass is 300 g/mol. The summed E-state index contributed by atoms with van der Waals surface area (Å²) in [6.45, 7) is 0. The molecule has 1 aromatic heterocycles. The van der Waals surface area contributed by atoms with Crippen LogP contribution in [0, 0.1) is 0 Å². The van der Waals surface area contributed by atoms with Gasteiger partial charge < -0.3 is 4.42 Å². The van der Waals surface area contributed by atoms with Gasteiger partial charge in [0, 0.05) is 22.8 Å². The second-order valence-corrected chi connectivity index (χ2v) is 4.80. The van der Waals surface area contributed by atoms with E-state index in [1.165, 1.54) is 0 Å². The molecule has 0 aliphatic heterocycles. The maximum absolute atomic E-state index is 11.8. The molecule has 0 N–H and O–H groups in total. The van der Waals surface area contributed by atoms with Gasteiger partial charge in [-0.3, -0.25) is 4.79 Å². The summed E-state index contributed by atoms with van der Waals surface area (Å²) < 4.78 is 6.50. The molecule has 0 radical (unpaired) electrons. The van der Waals surface area contributed by atoms with Crippen LogP contribution in [-0.2, 0) is 6.42 Å². The van der Waals surface area contributed by atoms with Crippen LogP contribution in [-0.4, -0.2) is 5.88 Å². The van der Waals surface area contributed by atoms with Gasteiger partial charge >= 0.3 is 0 Å². The molecule has 0 spiro atoms. The van der Waals surface area contributed by atoms with Crippen molar-refractivity contribution in [2.75, 3.05) is 5.88 Å². The Morgan fingerprint density at radius 1 is 1.31 bits per heavy atom. The number of hydrogen-bond donors (Lipinski definition) is 0. The Bertz CT molecular complexity index is 562. The molecule has 0 aliphatic rings. The summed E-state index contributed by atoms with van der Waals surface area (Å²) in [5, 5.41) is 0.601. The number of hydrogen-bond acceptors (Lipinski definition) is 2. The summed E-state index contributed by atoms with van der Waals surface area (Å²) in [4.78, 5) is 11.8. The van der Waals surface area contributed by atoms with Gasteiger partial charge in [-0.25, -0.2) is 0 Å². The Balaban J connectivity index is 2.51. The third kappa shape index (κ3) is 2.47. The Hall–Kier alpha value is -0.800. The molecular formula is C12H10BrClO2. The zero-order chi connectivity index (χ0) is 11.5. The van der Waals surface area contributed by atoms with E-state index < -0.39 is 0 Å². The molecule has 16 heavy (non-hydrogen) atoms. The molecule has 2 nitrogen and oxygen atoms in total. The molecule has 2 aromatic rings. The smallest absolute Gasteiger partial charge is 0.192 e. The highest BCUT2D eigenvalue weighted by Gasteiger charge is 2.04. The minimum atomic E-state index is -0.00729. The fourth-order valence-corrected chi connectivity index (χ4v) is 2.04. The molecule has 0 amide bonds. The first-order chi connectivity index (χ1) is 7.70. The van der Waals surface area contributed by atoms with Crippen molar-refractivity contribution in [1.82, 2.24) is 0 Å². The van der Waals surface area contributed by atoms with E-state index in [1.54, 1.807) is 18.2 Å². The zero-order valence-electron chi connectivity index (χ0n) is 8.50. The van der Waals surface area contributed by atoms with Crippen molar-refractivity contribution in [2.45, 2.75) is 12.8 Å². The number of rotatable bonds is 3. The summed E-state index contributed by atoms with van der Waals surface area (Å²) in [5.74, 6) is 1.27. The van der Waals surface area contributed by atoms with Gasteiger partial charge in [0.05, 0.1) is 5.39 Å². The fraction of sp³-hybridized carbons (Fsp3) is 0.250. The fourth-order valence-electron chi connectivity index (χ4n) is 1.54. The van der Waals surface area contributed by atoms with Crippen molar-refractivity contribution < 1.29 is 4.42 Å². The van der Waals surface area contributed by atoms with Gasteiger partial charge in [-0.1, -0.05) is 15.9 Å². The lowest BCUT2D eigenvalue weighted by Gasteiger charge is -2.02. The van der Waals surface area contributed by atoms with E-state index >= 15 is 0 Å². The number of benzene rings is 1. The molecule has 0 atom stereocenters. The molecule has 4 heteroatoms. The molecule has 0 saturated carbocycles. The molecule has 1 aromatic carbocycles. The third-order valence-corrected chi connectivity index (χ3v) is 3.06. The third-order valence-electron chi connectivity index (χ3n) is 2.30. The van der Waals surface area contributed by atoms with E-state index in [1.807, 2.05) is 6.07 Å². The Morgan fingerprint density at radius 3 is 2.88 bits per heavy atom. The van der Waals surface area contributed by atoms with Gasteiger partial charge in [-0.2, -0.15) is 0 Å². The largest absolute Gasteiger partial charge is 0.461 e. The van der Waals surface area contributed by atoms with Crippen LogP contribution in [0.2, 0.25) is 0 Å². The van der Waals surface area contributed by atoms with Gasteiger partial charge in [0.1, 0.15) is 11.3 Å². The number of halogens is 2. The number of aryl methyl sites for hydroxylation is 1. The van der Waals surface area contributed by atoms with Crippen molar-refractivity contribution in [3.8, 4) is 0 Å². The normalized spacial score (nSPS) is 10.9. The van der Waals surface area contributed by atoms with Crippen LogP contribution in [0.15, 0.2) is 37.9 Å². The van der Waals surface area contributed by atoms with Crippen LogP contribution in [0.5, 0.6) is 0 Å². The molecule has 2 rings (SSSR count). The Kier molecular flexibility index (Phi) is 3.66. The Morgan fingerprint density at radius 2 is 2.12 bits per heavy atom. The van der Waals surface area contributed by atoms with Gasteiger partial charge in [0.2, 0.25) is 0 Å². The highest BCUT2D eigenvalue weighted by molar-refractivity contribution is 9.10. The van der Waals surface area contributed by atoms with Crippen LogP contribution in [0.3, 0.4) is 0 Å². The van der Waals surface area contributed by atoms with Crippen LogP contribution < -0.4 is 5.43 Å². The van der Waals surface area contributed by atoms with Crippen molar-refractivity contribution in [3.63, 3.8) is 0 Å². The van der Waals surface area contributed by atoms with E-state index in [2.05, 4.69) is 15.9 Å². The summed E-state index contributed by atoms with van der Waals surface area (Å²) in [6.07, 6.45) is 1.51. The molecule has 0 bridgehead atoms. The predicted octanol–water partition coefficient (Wildman–Crippen LogP) is 3.73. The highest BCUT2D eigenvalue weighted by Crippen LogP contribution is 2.18. The van der Waals surface area contributed by atoms with Gasteiger partial charge in [-0.15, -0.1) is 11.6 Å². The number of alkyl halides is 1. The molecule has 0 aliphatic carbocycles. The molecular weight excluding hydrogens is 291 g/mol. The Labute approximate surface area is 106 Å². The molecule has 0 fully saturated rings. The SMILES string of the molecule is O=c1cc(CCCCl)oc2ccc(Br)cc12. The van der Waals surface area contributed by atoms with Gasteiger partial charge in [-0.05, 0) is 24.6 Å². The number of fused-ring (bicyclic) bond motifs is 1. The first-order valence-corrected chi connectivity index (χ1v) is 6.32. The van der Waals surface area contributed by atoms with E-state index in [-0.39, 0.29) is 5.43 Å². The lowest BCUT2D eigenvalue weighted by molar-refractivity contribution is 0.532. The quantitative estimate of drug-likeness (QED) is 0.809. The summed E-state index contributed by atoms with van der Waals surface area (Å²) in [5.41, 5.74) is 0.618.